The van der Waals surface area contributed by atoms with Gasteiger partial charge in [-0.3, -0.25) is 0 Å². The Bertz CT molecular complexity index is 530. The Balaban J connectivity index is 1.50. The number of aromatic nitrogens is 2. The first-order valence-corrected chi connectivity index (χ1v) is 7.92. The Morgan fingerprint density at radius 3 is 2.43 bits per heavy atom. The number of likely N-dealkylation sites (N-methyl/N-ethyl adjacent to an activating group) is 1. The summed E-state index contributed by atoms with van der Waals surface area (Å²) in [6, 6.07) is 3.56. The molecular weight excluding hydrogens is 298 g/mol. The van der Waals surface area contributed by atoms with Gasteiger partial charge in [0.15, 0.2) is 0 Å². The number of hydrogen-bond acceptors (Lipinski definition) is 6. The number of ether oxygens (including phenoxy) is 2. The molecule has 2 saturated heterocycles. The molecule has 8 nitrogen and oxygen atoms in total. The number of rotatable bonds is 3. The fraction of sp³-hybridized carbons (Fsp3) is 0.667. The average Bonchev–Trinajstić information content (AvgIpc) is 3.04. The normalized spacial score (nSPS) is 22.3. The standard InChI is InChI=1S/C15H23N5O3/c1-18-7-9-19(10-8-18)15(21)20-6-5-12(11-20)23-14-4-3-13(22-2)16-17-14/h3-4,12H,5-11H2,1-2H3. The van der Waals surface area contributed by atoms with Crippen molar-refractivity contribution in [1.82, 2.24) is 24.9 Å². The quantitative estimate of drug-likeness (QED) is 0.798. The van der Waals surface area contributed by atoms with Crippen LogP contribution in [-0.4, -0.2) is 90.5 Å². The van der Waals surface area contributed by atoms with E-state index in [1.807, 2.05) is 9.80 Å². The highest BCUT2D eigenvalue weighted by atomic mass is 16.5. The first-order chi connectivity index (χ1) is 11.2. The molecule has 0 bridgehead atoms. The average molecular weight is 321 g/mol. The topological polar surface area (TPSA) is 71.0 Å². The minimum atomic E-state index is -0.0332. The molecule has 0 saturated carbocycles. The number of nitrogens with zero attached hydrogens (tertiary/aromatic N) is 5. The van der Waals surface area contributed by atoms with E-state index in [0.717, 1.165) is 39.1 Å². The van der Waals surface area contributed by atoms with Crippen molar-refractivity contribution in [2.75, 3.05) is 53.4 Å². The molecule has 3 rings (SSSR count). The van der Waals surface area contributed by atoms with E-state index < -0.39 is 0 Å². The molecule has 0 spiro atoms. The van der Waals surface area contributed by atoms with Crippen molar-refractivity contribution in [3.8, 4) is 11.8 Å². The van der Waals surface area contributed by atoms with Crippen LogP contribution in [0.15, 0.2) is 12.1 Å². The molecule has 1 atom stereocenters. The first-order valence-electron chi connectivity index (χ1n) is 7.92. The number of piperazine rings is 1. The van der Waals surface area contributed by atoms with Crippen LogP contribution in [0.5, 0.6) is 11.8 Å². The Morgan fingerprint density at radius 2 is 1.78 bits per heavy atom. The minimum Gasteiger partial charge on any atom is -0.480 e. The maximum absolute atomic E-state index is 12.5. The number of urea groups is 1. The van der Waals surface area contributed by atoms with Crippen LogP contribution in [0.25, 0.3) is 0 Å². The summed E-state index contributed by atoms with van der Waals surface area (Å²) < 4.78 is 10.8. The number of hydrogen-bond donors (Lipinski definition) is 0. The van der Waals surface area contributed by atoms with Gasteiger partial charge in [-0.15, -0.1) is 10.2 Å². The molecule has 0 aliphatic carbocycles. The van der Waals surface area contributed by atoms with E-state index >= 15 is 0 Å². The zero-order chi connectivity index (χ0) is 16.2. The number of amides is 2. The molecule has 2 aliphatic heterocycles. The van der Waals surface area contributed by atoms with E-state index in [9.17, 15) is 4.79 Å². The minimum absolute atomic E-state index is 0.0332. The van der Waals surface area contributed by atoms with Crippen molar-refractivity contribution in [1.29, 1.82) is 0 Å². The zero-order valence-electron chi connectivity index (χ0n) is 13.6. The van der Waals surface area contributed by atoms with Gasteiger partial charge in [0.05, 0.1) is 13.7 Å². The fourth-order valence-corrected chi connectivity index (χ4v) is 2.85. The van der Waals surface area contributed by atoms with Crippen molar-refractivity contribution in [2.45, 2.75) is 12.5 Å². The molecule has 1 unspecified atom stereocenters. The van der Waals surface area contributed by atoms with Crippen molar-refractivity contribution in [2.24, 2.45) is 0 Å². The predicted molar refractivity (Wildman–Crippen MR) is 83.7 cm³/mol. The molecule has 1 aromatic rings. The van der Waals surface area contributed by atoms with E-state index in [2.05, 4.69) is 22.1 Å². The van der Waals surface area contributed by atoms with Crippen LogP contribution in [0.2, 0.25) is 0 Å². The summed E-state index contributed by atoms with van der Waals surface area (Å²) in [5.41, 5.74) is 0. The molecule has 3 heterocycles. The predicted octanol–water partition coefficient (Wildman–Crippen LogP) is 0.306. The van der Waals surface area contributed by atoms with Crippen LogP contribution in [-0.2, 0) is 0 Å². The van der Waals surface area contributed by atoms with Gasteiger partial charge in [-0.2, -0.15) is 0 Å². The molecule has 0 N–H and O–H groups in total. The molecule has 2 fully saturated rings. The Hall–Kier alpha value is -2.09. The van der Waals surface area contributed by atoms with Crippen molar-refractivity contribution in [3.05, 3.63) is 12.1 Å². The molecule has 0 aromatic carbocycles. The van der Waals surface area contributed by atoms with E-state index in [-0.39, 0.29) is 12.1 Å². The van der Waals surface area contributed by atoms with E-state index in [0.29, 0.717) is 18.3 Å². The van der Waals surface area contributed by atoms with Gasteiger partial charge in [0.25, 0.3) is 0 Å². The maximum atomic E-state index is 12.5. The Kier molecular flexibility index (Phi) is 4.80. The Labute approximate surface area is 136 Å². The van der Waals surface area contributed by atoms with Gasteiger partial charge in [0.2, 0.25) is 11.8 Å². The molecule has 126 valence electrons. The molecular formula is C15H23N5O3. The molecule has 23 heavy (non-hydrogen) atoms. The number of methoxy groups -OCH3 is 1. The van der Waals surface area contributed by atoms with Crippen molar-refractivity contribution in [3.63, 3.8) is 0 Å². The van der Waals surface area contributed by atoms with Gasteiger partial charge in [-0.1, -0.05) is 0 Å². The first kappa shape index (κ1) is 15.8. The van der Waals surface area contributed by atoms with Gasteiger partial charge in [0, 0.05) is 51.3 Å². The SMILES string of the molecule is COc1ccc(OC2CCN(C(=O)N3CCN(C)CC3)C2)nn1. The van der Waals surface area contributed by atoms with Gasteiger partial charge in [-0.25, -0.2) is 4.79 Å². The van der Waals surface area contributed by atoms with Crippen LogP contribution in [0.4, 0.5) is 4.79 Å². The van der Waals surface area contributed by atoms with Gasteiger partial charge in [0.1, 0.15) is 6.10 Å². The van der Waals surface area contributed by atoms with Crippen LogP contribution >= 0.6 is 0 Å². The van der Waals surface area contributed by atoms with Crippen LogP contribution in [0, 0.1) is 0 Å². The lowest BCUT2D eigenvalue weighted by molar-refractivity contribution is 0.123. The lowest BCUT2D eigenvalue weighted by Gasteiger charge is -2.34. The zero-order valence-corrected chi connectivity index (χ0v) is 13.6. The second-order valence-corrected chi connectivity index (χ2v) is 5.96. The van der Waals surface area contributed by atoms with Gasteiger partial charge >= 0.3 is 6.03 Å². The Morgan fingerprint density at radius 1 is 1.09 bits per heavy atom. The molecule has 8 heteroatoms. The maximum Gasteiger partial charge on any atom is 0.320 e. The summed E-state index contributed by atoms with van der Waals surface area (Å²) in [6.07, 6.45) is 0.779. The summed E-state index contributed by atoms with van der Waals surface area (Å²) in [7, 11) is 3.63. The van der Waals surface area contributed by atoms with Gasteiger partial charge < -0.3 is 24.2 Å². The largest absolute Gasteiger partial charge is 0.480 e. The third kappa shape index (κ3) is 3.82. The van der Waals surface area contributed by atoms with Crippen LogP contribution in [0.3, 0.4) is 0 Å². The summed E-state index contributed by atoms with van der Waals surface area (Å²) in [5, 5.41) is 7.85. The molecule has 2 amide bonds. The molecule has 1 aromatic heterocycles. The van der Waals surface area contributed by atoms with E-state index in [1.54, 1.807) is 19.2 Å². The lowest BCUT2D eigenvalue weighted by atomic mass is 10.3. The highest BCUT2D eigenvalue weighted by molar-refractivity contribution is 5.75. The summed E-state index contributed by atoms with van der Waals surface area (Å²) in [5.74, 6) is 0.917. The third-order valence-electron chi connectivity index (χ3n) is 4.30. The van der Waals surface area contributed by atoms with Crippen molar-refractivity contribution < 1.29 is 14.3 Å². The monoisotopic (exact) mass is 321 g/mol. The number of carbonyl (C=O) groups is 1. The molecule has 0 radical (unpaired) electrons. The smallest absolute Gasteiger partial charge is 0.320 e. The summed E-state index contributed by atoms with van der Waals surface area (Å²) >= 11 is 0. The summed E-state index contributed by atoms with van der Waals surface area (Å²) in [4.78, 5) is 18.6. The second-order valence-electron chi connectivity index (χ2n) is 5.96. The highest BCUT2D eigenvalue weighted by Crippen LogP contribution is 2.19. The summed E-state index contributed by atoms with van der Waals surface area (Å²) in [6.45, 7) is 4.77. The third-order valence-corrected chi connectivity index (χ3v) is 4.30. The second kappa shape index (κ2) is 6.99. The van der Waals surface area contributed by atoms with Crippen molar-refractivity contribution >= 4 is 6.03 Å². The fourth-order valence-electron chi connectivity index (χ4n) is 2.85. The van der Waals surface area contributed by atoms with Gasteiger partial charge in [-0.05, 0) is 7.05 Å². The van der Waals surface area contributed by atoms with E-state index in [4.69, 9.17) is 9.47 Å². The van der Waals surface area contributed by atoms with Crippen LogP contribution < -0.4 is 9.47 Å². The lowest BCUT2D eigenvalue weighted by Crippen LogP contribution is -2.51. The highest BCUT2D eigenvalue weighted by Gasteiger charge is 2.31. The van der Waals surface area contributed by atoms with Crippen LogP contribution in [0.1, 0.15) is 6.42 Å². The number of likely N-dealkylation sites (tertiary alicyclic amines) is 1. The number of carbonyl (C=O) groups excluding carboxylic acids is 1. The molecule has 2 aliphatic rings. The van der Waals surface area contributed by atoms with E-state index in [1.165, 1.54) is 0 Å².